The van der Waals surface area contributed by atoms with Crippen LogP contribution in [0.1, 0.15) is 19.8 Å². The third kappa shape index (κ3) is 10.7. The largest absolute Gasteiger partial charge is 0.478 e. The number of ether oxygens (including phenoxy) is 2. The summed E-state index contributed by atoms with van der Waals surface area (Å²) in [5.74, 6) is -1.28. The van der Waals surface area contributed by atoms with Gasteiger partial charge in [-0.2, -0.15) is 0 Å². The van der Waals surface area contributed by atoms with Crippen molar-refractivity contribution < 1.29 is 24.2 Å². The molecular formula is C12H18O5. The Bertz CT molecular complexity index is 279. The van der Waals surface area contributed by atoms with Gasteiger partial charge in [-0.05, 0) is 19.8 Å². The Morgan fingerprint density at radius 1 is 1.59 bits per heavy atom. The van der Waals surface area contributed by atoms with Gasteiger partial charge in [0.05, 0.1) is 19.3 Å². The zero-order chi connectivity index (χ0) is 13.3. The molecule has 0 amide bonds. The van der Waals surface area contributed by atoms with Crippen molar-refractivity contribution in [3.05, 3.63) is 24.8 Å². The topological polar surface area (TPSA) is 76.1 Å². The first-order valence-corrected chi connectivity index (χ1v) is 5.27. The SMILES string of the molecule is C=C(C)C(=O)O.C=CC(=O)OCCCC1CO1. The van der Waals surface area contributed by atoms with Crippen molar-refractivity contribution in [3.63, 3.8) is 0 Å². The molecule has 1 aliphatic rings. The number of hydrogen-bond donors (Lipinski definition) is 1. The van der Waals surface area contributed by atoms with Crippen LogP contribution in [0.15, 0.2) is 24.8 Å². The molecule has 0 aromatic heterocycles. The Labute approximate surface area is 101 Å². The molecule has 17 heavy (non-hydrogen) atoms. The Morgan fingerprint density at radius 2 is 2.12 bits per heavy atom. The Balaban J connectivity index is 0.000000366. The molecule has 1 N–H and O–H groups in total. The summed E-state index contributed by atoms with van der Waals surface area (Å²) >= 11 is 0. The van der Waals surface area contributed by atoms with Gasteiger partial charge in [-0.1, -0.05) is 13.2 Å². The highest BCUT2D eigenvalue weighted by Crippen LogP contribution is 2.14. The van der Waals surface area contributed by atoms with E-state index < -0.39 is 5.97 Å². The number of carbonyl (C=O) groups excluding carboxylic acids is 1. The van der Waals surface area contributed by atoms with Gasteiger partial charge in [0.15, 0.2) is 0 Å². The summed E-state index contributed by atoms with van der Waals surface area (Å²) in [4.78, 5) is 20.1. The van der Waals surface area contributed by atoms with Gasteiger partial charge in [0.25, 0.3) is 0 Å². The molecule has 0 saturated carbocycles. The van der Waals surface area contributed by atoms with Gasteiger partial charge in [0, 0.05) is 11.6 Å². The van der Waals surface area contributed by atoms with Crippen LogP contribution in [0.2, 0.25) is 0 Å². The van der Waals surface area contributed by atoms with Crippen molar-refractivity contribution in [1.82, 2.24) is 0 Å². The highest BCUT2D eigenvalue weighted by Gasteiger charge is 2.21. The van der Waals surface area contributed by atoms with Crippen molar-refractivity contribution in [2.24, 2.45) is 0 Å². The second-order valence-electron chi connectivity index (χ2n) is 3.55. The zero-order valence-corrected chi connectivity index (χ0v) is 9.98. The third-order valence-corrected chi connectivity index (χ3v) is 1.85. The van der Waals surface area contributed by atoms with E-state index in [-0.39, 0.29) is 11.5 Å². The Kier molecular flexibility index (Phi) is 7.71. The number of esters is 1. The van der Waals surface area contributed by atoms with E-state index in [2.05, 4.69) is 13.2 Å². The zero-order valence-electron chi connectivity index (χ0n) is 9.98. The lowest BCUT2D eigenvalue weighted by Gasteiger charge is -1.98. The first-order chi connectivity index (χ1) is 7.97. The molecule has 0 bridgehead atoms. The predicted octanol–water partition coefficient (Wildman–Crippen LogP) is 1.54. The van der Waals surface area contributed by atoms with E-state index >= 15 is 0 Å². The fraction of sp³-hybridized carbons (Fsp3) is 0.500. The molecule has 5 nitrogen and oxygen atoms in total. The molecule has 1 heterocycles. The molecule has 0 radical (unpaired) electrons. The fourth-order valence-electron chi connectivity index (χ4n) is 0.777. The van der Waals surface area contributed by atoms with E-state index in [1.165, 1.54) is 13.0 Å². The molecule has 96 valence electrons. The van der Waals surface area contributed by atoms with Crippen LogP contribution in [0.4, 0.5) is 0 Å². The van der Waals surface area contributed by atoms with E-state index in [9.17, 15) is 9.59 Å². The molecule has 0 aromatic carbocycles. The molecule has 0 aromatic rings. The lowest BCUT2D eigenvalue weighted by molar-refractivity contribution is -0.138. The van der Waals surface area contributed by atoms with Crippen LogP contribution >= 0.6 is 0 Å². The number of hydrogen-bond acceptors (Lipinski definition) is 4. The molecule has 0 aliphatic carbocycles. The van der Waals surface area contributed by atoms with Crippen molar-refractivity contribution in [1.29, 1.82) is 0 Å². The summed E-state index contributed by atoms with van der Waals surface area (Å²) in [6, 6.07) is 0. The minimum absolute atomic E-state index is 0.176. The maximum Gasteiger partial charge on any atom is 0.330 e. The minimum Gasteiger partial charge on any atom is -0.478 e. The predicted molar refractivity (Wildman–Crippen MR) is 62.6 cm³/mol. The van der Waals surface area contributed by atoms with Gasteiger partial charge < -0.3 is 14.6 Å². The van der Waals surface area contributed by atoms with E-state index in [0.717, 1.165) is 19.4 Å². The molecule has 1 fully saturated rings. The summed E-state index contributed by atoms with van der Waals surface area (Å²) < 4.78 is 9.74. The molecule has 1 rings (SSSR count). The minimum atomic E-state index is -0.935. The second-order valence-corrected chi connectivity index (χ2v) is 3.55. The van der Waals surface area contributed by atoms with E-state index in [1.54, 1.807) is 0 Å². The number of carboxylic acids is 1. The van der Waals surface area contributed by atoms with Gasteiger partial charge in [0.2, 0.25) is 0 Å². The standard InChI is InChI=1S/C8H12O3.C4H6O2/c1-2-8(9)10-5-3-4-7-6-11-7;1-3(2)4(5)6/h2,7H,1,3-6H2;1H2,2H3,(H,5,6). The first-order valence-electron chi connectivity index (χ1n) is 5.27. The third-order valence-electron chi connectivity index (χ3n) is 1.85. The number of carbonyl (C=O) groups is 2. The lowest BCUT2D eigenvalue weighted by Crippen LogP contribution is -2.02. The number of carboxylic acid groups (broad SMARTS) is 1. The van der Waals surface area contributed by atoms with Gasteiger partial charge in [0.1, 0.15) is 0 Å². The van der Waals surface area contributed by atoms with Crippen molar-refractivity contribution in [2.45, 2.75) is 25.9 Å². The average molecular weight is 242 g/mol. The summed E-state index contributed by atoms with van der Waals surface area (Å²) in [7, 11) is 0. The second kappa shape index (κ2) is 8.52. The van der Waals surface area contributed by atoms with Crippen LogP contribution in [-0.2, 0) is 19.1 Å². The summed E-state index contributed by atoms with van der Waals surface area (Å²) in [5.41, 5.74) is 0.176. The Hall–Kier alpha value is -1.62. The smallest absolute Gasteiger partial charge is 0.330 e. The molecule has 5 heteroatoms. The monoisotopic (exact) mass is 242 g/mol. The lowest BCUT2D eigenvalue weighted by atomic mass is 10.3. The summed E-state index contributed by atoms with van der Waals surface area (Å²) in [6.07, 6.45) is 3.47. The molecule has 1 aliphatic heterocycles. The van der Waals surface area contributed by atoms with Crippen LogP contribution in [0.3, 0.4) is 0 Å². The van der Waals surface area contributed by atoms with Crippen LogP contribution < -0.4 is 0 Å². The van der Waals surface area contributed by atoms with Crippen molar-refractivity contribution in [2.75, 3.05) is 13.2 Å². The van der Waals surface area contributed by atoms with Gasteiger partial charge in [-0.25, -0.2) is 9.59 Å². The normalized spacial score (nSPS) is 16.2. The van der Waals surface area contributed by atoms with Gasteiger partial charge in [-0.15, -0.1) is 0 Å². The molecule has 1 saturated heterocycles. The molecule has 0 spiro atoms. The summed E-state index contributed by atoms with van der Waals surface area (Å²) in [5, 5.41) is 7.89. The van der Waals surface area contributed by atoms with Gasteiger partial charge in [-0.3, -0.25) is 0 Å². The summed E-state index contributed by atoms with van der Waals surface area (Å²) in [6.45, 7) is 9.24. The fourth-order valence-corrected chi connectivity index (χ4v) is 0.777. The van der Waals surface area contributed by atoms with Crippen molar-refractivity contribution in [3.8, 4) is 0 Å². The quantitative estimate of drug-likeness (QED) is 0.331. The Morgan fingerprint density at radius 3 is 2.47 bits per heavy atom. The van der Waals surface area contributed by atoms with Crippen molar-refractivity contribution >= 4 is 11.9 Å². The van der Waals surface area contributed by atoms with Gasteiger partial charge >= 0.3 is 11.9 Å². The molecule has 1 unspecified atom stereocenters. The highest BCUT2D eigenvalue weighted by molar-refractivity contribution is 5.84. The maximum absolute atomic E-state index is 10.5. The van der Waals surface area contributed by atoms with Crippen LogP contribution in [0.5, 0.6) is 0 Å². The van der Waals surface area contributed by atoms with Crippen LogP contribution in [0.25, 0.3) is 0 Å². The number of aliphatic carboxylic acids is 1. The van der Waals surface area contributed by atoms with Crippen LogP contribution in [0, 0.1) is 0 Å². The molecular weight excluding hydrogens is 224 g/mol. The van der Waals surface area contributed by atoms with E-state index in [1.807, 2.05) is 0 Å². The maximum atomic E-state index is 10.5. The van der Waals surface area contributed by atoms with E-state index in [0.29, 0.717) is 12.7 Å². The van der Waals surface area contributed by atoms with E-state index in [4.69, 9.17) is 14.6 Å². The highest BCUT2D eigenvalue weighted by atomic mass is 16.6. The molecule has 1 atom stereocenters. The van der Waals surface area contributed by atoms with Crippen LogP contribution in [-0.4, -0.2) is 36.4 Å². The number of rotatable bonds is 6. The first kappa shape index (κ1) is 15.4. The number of epoxide rings is 1. The average Bonchev–Trinajstić information content (AvgIpc) is 3.08.